The number of rotatable bonds is 2. The van der Waals surface area contributed by atoms with Crippen LogP contribution in [0.3, 0.4) is 0 Å². The van der Waals surface area contributed by atoms with E-state index in [0.717, 1.165) is 31.2 Å². The van der Waals surface area contributed by atoms with E-state index in [1.807, 2.05) is 30.3 Å². The Balaban J connectivity index is 1.83. The van der Waals surface area contributed by atoms with E-state index in [1.165, 1.54) is 4.90 Å². The fraction of sp³-hybridized carbons (Fsp3) is 0.500. The van der Waals surface area contributed by atoms with Crippen LogP contribution in [0.1, 0.15) is 38.2 Å². The van der Waals surface area contributed by atoms with Gasteiger partial charge in [-0.25, -0.2) is 4.79 Å². The molecule has 1 N–H and O–H groups in total. The maximum Gasteiger partial charge on any atom is 0.325 e. The molecule has 0 bridgehead atoms. The van der Waals surface area contributed by atoms with Crippen LogP contribution in [-0.4, -0.2) is 22.4 Å². The van der Waals surface area contributed by atoms with E-state index >= 15 is 0 Å². The number of carbonyl (C=O) groups excluding carboxylic acids is 2. The molecule has 1 aliphatic carbocycles. The van der Waals surface area contributed by atoms with E-state index < -0.39 is 5.54 Å². The summed E-state index contributed by atoms with van der Waals surface area (Å²) in [5, 5.41) is 2.98. The quantitative estimate of drug-likeness (QED) is 0.841. The Kier molecular flexibility index (Phi) is 3.24. The number of benzene rings is 1. The van der Waals surface area contributed by atoms with E-state index in [9.17, 15) is 9.59 Å². The summed E-state index contributed by atoms with van der Waals surface area (Å²) in [4.78, 5) is 26.3. The van der Waals surface area contributed by atoms with Gasteiger partial charge < -0.3 is 5.32 Å². The summed E-state index contributed by atoms with van der Waals surface area (Å²) >= 11 is 0. The van der Waals surface area contributed by atoms with Gasteiger partial charge in [0.05, 0.1) is 6.54 Å². The molecule has 0 aromatic heterocycles. The molecule has 1 spiro atoms. The van der Waals surface area contributed by atoms with Gasteiger partial charge in [0.1, 0.15) is 5.54 Å². The van der Waals surface area contributed by atoms with Gasteiger partial charge in [0.25, 0.3) is 5.91 Å². The SMILES string of the molecule is C[C@H]1CCCC[C@@]12NC(=O)N(Cc1ccccc1)C2=O. The van der Waals surface area contributed by atoms with Crippen LogP contribution in [0.15, 0.2) is 30.3 Å². The largest absolute Gasteiger partial charge is 0.325 e. The highest BCUT2D eigenvalue weighted by Gasteiger charge is 2.54. The lowest BCUT2D eigenvalue weighted by Gasteiger charge is -2.36. The summed E-state index contributed by atoms with van der Waals surface area (Å²) < 4.78 is 0. The lowest BCUT2D eigenvalue weighted by Crippen LogP contribution is -2.53. The highest BCUT2D eigenvalue weighted by molar-refractivity contribution is 6.07. The molecule has 1 saturated carbocycles. The van der Waals surface area contributed by atoms with Gasteiger partial charge in [0.2, 0.25) is 0 Å². The van der Waals surface area contributed by atoms with Crippen molar-refractivity contribution in [1.82, 2.24) is 10.2 Å². The van der Waals surface area contributed by atoms with Gasteiger partial charge in [0.15, 0.2) is 0 Å². The average molecular weight is 272 g/mol. The summed E-state index contributed by atoms with van der Waals surface area (Å²) in [5.74, 6) is 0.173. The second-order valence-electron chi connectivity index (χ2n) is 5.93. The molecule has 1 aliphatic heterocycles. The molecule has 2 aliphatic rings. The van der Waals surface area contributed by atoms with Crippen molar-refractivity contribution >= 4 is 11.9 Å². The number of nitrogens with one attached hydrogen (secondary N) is 1. The van der Waals surface area contributed by atoms with Crippen LogP contribution in [0, 0.1) is 5.92 Å². The Morgan fingerprint density at radius 2 is 2.00 bits per heavy atom. The van der Waals surface area contributed by atoms with Gasteiger partial charge in [-0.3, -0.25) is 9.69 Å². The summed E-state index contributed by atoms with van der Waals surface area (Å²) in [6, 6.07) is 9.42. The Morgan fingerprint density at radius 1 is 1.25 bits per heavy atom. The molecule has 0 radical (unpaired) electrons. The Bertz CT molecular complexity index is 529. The minimum Gasteiger partial charge on any atom is -0.323 e. The maximum atomic E-state index is 12.8. The topological polar surface area (TPSA) is 49.4 Å². The van der Waals surface area contributed by atoms with Crippen LogP contribution in [0.2, 0.25) is 0 Å². The summed E-state index contributed by atoms with van der Waals surface area (Å²) in [6.45, 7) is 2.43. The Labute approximate surface area is 119 Å². The smallest absolute Gasteiger partial charge is 0.323 e. The van der Waals surface area contributed by atoms with Crippen molar-refractivity contribution in [3.63, 3.8) is 0 Å². The first-order valence-corrected chi connectivity index (χ1v) is 7.31. The van der Waals surface area contributed by atoms with Gasteiger partial charge in [-0.2, -0.15) is 0 Å². The third-order valence-electron chi connectivity index (χ3n) is 4.68. The maximum absolute atomic E-state index is 12.8. The van der Waals surface area contributed by atoms with Crippen molar-refractivity contribution in [3.8, 4) is 0 Å². The van der Waals surface area contributed by atoms with Crippen molar-refractivity contribution in [2.75, 3.05) is 0 Å². The monoisotopic (exact) mass is 272 g/mol. The normalized spacial score (nSPS) is 29.9. The number of urea groups is 1. The molecule has 3 rings (SSSR count). The van der Waals surface area contributed by atoms with E-state index in [1.54, 1.807) is 0 Å². The molecular weight excluding hydrogens is 252 g/mol. The second-order valence-corrected chi connectivity index (χ2v) is 5.93. The third-order valence-corrected chi connectivity index (χ3v) is 4.68. The van der Waals surface area contributed by atoms with E-state index in [4.69, 9.17) is 0 Å². The fourth-order valence-electron chi connectivity index (χ4n) is 3.40. The molecule has 106 valence electrons. The van der Waals surface area contributed by atoms with Crippen LogP contribution in [0.5, 0.6) is 0 Å². The van der Waals surface area contributed by atoms with Crippen LogP contribution in [0.25, 0.3) is 0 Å². The zero-order valence-corrected chi connectivity index (χ0v) is 11.8. The lowest BCUT2D eigenvalue weighted by atomic mass is 9.73. The van der Waals surface area contributed by atoms with Crippen molar-refractivity contribution in [2.24, 2.45) is 5.92 Å². The number of hydrogen-bond acceptors (Lipinski definition) is 2. The van der Waals surface area contributed by atoms with E-state index in [0.29, 0.717) is 6.54 Å². The number of amides is 3. The van der Waals surface area contributed by atoms with E-state index in [2.05, 4.69) is 12.2 Å². The molecule has 0 unspecified atom stereocenters. The van der Waals surface area contributed by atoms with Crippen molar-refractivity contribution in [2.45, 2.75) is 44.7 Å². The van der Waals surface area contributed by atoms with Gasteiger partial charge in [-0.1, -0.05) is 50.1 Å². The zero-order valence-electron chi connectivity index (χ0n) is 11.8. The van der Waals surface area contributed by atoms with Gasteiger partial charge in [-0.05, 0) is 24.3 Å². The molecule has 1 aromatic rings. The van der Waals surface area contributed by atoms with Crippen LogP contribution >= 0.6 is 0 Å². The molecule has 20 heavy (non-hydrogen) atoms. The molecule has 1 aromatic carbocycles. The first kappa shape index (κ1) is 13.2. The number of hydrogen-bond donors (Lipinski definition) is 1. The predicted octanol–water partition coefficient (Wildman–Crippen LogP) is 2.69. The first-order valence-electron chi connectivity index (χ1n) is 7.31. The number of carbonyl (C=O) groups is 2. The Hall–Kier alpha value is -1.84. The standard InChI is InChI=1S/C16H20N2O2/c1-12-7-5-6-10-16(12)14(19)18(15(20)17-16)11-13-8-3-2-4-9-13/h2-4,8-9,12H,5-7,10-11H2,1H3,(H,17,20)/t12-,16+/m0/s1. The molecule has 2 fully saturated rings. The summed E-state index contributed by atoms with van der Waals surface area (Å²) in [5.41, 5.74) is 0.334. The third kappa shape index (κ3) is 1.99. The molecule has 1 heterocycles. The molecule has 4 nitrogen and oxygen atoms in total. The predicted molar refractivity (Wildman–Crippen MR) is 75.9 cm³/mol. The van der Waals surface area contributed by atoms with Crippen LogP contribution < -0.4 is 5.32 Å². The zero-order chi connectivity index (χ0) is 14.2. The molecule has 1 saturated heterocycles. The minimum atomic E-state index is -0.649. The van der Waals surface area contributed by atoms with Gasteiger partial charge in [-0.15, -0.1) is 0 Å². The van der Waals surface area contributed by atoms with Crippen LogP contribution in [-0.2, 0) is 11.3 Å². The van der Waals surface area contributed by atoms with Gasteiger partial charge >= 0.3 is 6.03 Å². The minimum absolute atomic E-state index is 0.0430. The van der Waals surface area contributed by atoms with E-state index in [-0.39, 0.29) is 17.9 Å². The first-order chi connectivity index (χ1) is 9.63. The van der Waals surface area contributed by atoms with Crippen LogP contribution in [0.4, 0.5) is 4.79 Å². The number of imide groups is 1. The van der Waals surface area contributed by atoms with Crippen molar-refractivity contribution in [1.29, 1.82) is 0 Å². The summed E-state index contributed by atoms with van der Waals surface area (Å²) in [6.07, 6.45) is 3.93. The molecule has 4 heteroatoms. The molecule has 3 amide bonds. The highest BCUT2D eigenvalue weighted by Crippen LogP contribution is 2.38. The van der Waals surface area contributed by atoms with Gasteiger partial charge in [0, 0.05) is 0 Å². The number of nitrogens with zero attached hydrogens (tertiary/aromatic N) is 1. The fourth-order valence-corrected chi connectivity index (χ4v) is 3.40. The van der Waals surface area contributed by atoms with Crippen molar-refractivity contribution in [3.05, 3.63) is 35.9 Å². The summed E-state index contributed by atoms with van der Waals surface area (Å²) in [7, 11) is 0. The average Bonchev–Trinajstić information content (AvgIpc) is 2.69. The highest BCUT2D eigenvalue weighted by atomic mass is 16.2. The Morgan fingerprint density at radius 3 is 2.70 bits per heavy atom. The molecular formula is C16H20N2O2. The second kappa shape index (κ2) is 4.93. The molecule has 2 atom stereocenters. The van der Waals surface area contributed by atoms with Crippen molar-refractivity contribution < 1.29 is 9.59 Å². The lowest BCUT2D eigenvalue weighted by molar-refractivity contribution is -0.134.